The molecule has 0 spiro atoms. The summed E-state index contributed by atoms with van der Waals surface area (Å²) in [6, 6.07) is 12.8. The number of carbonyl (C=O) groups is 2. The number of piperidine rings is 1. The van der Waals surface area contributed by atoms with Gasteiger partial charge in [-0.1, -0.05) is 42.8 Å². The molecule has 8 nitrogen and oxygen atoms in total. The summed E-state index contributed by atoms with van der Waals surface area (Å²) in [6.07, 6.45) is 1.40. The Bertz CT molecular complexity index is 1190. The molecular formula is C27H35ClFN3O5S. The van der Waals surface area contributed by atoms with E-state index in [4.69, 9.17) is 16.3 Å². The zero-order valence-corrected chi connectivity index (χ0v) is 23.4. The standard InChI is InChI=1S/C27H35ClFN3O5S/c1-3-18-38(35,36)31(16-17-37-2)20-26(33)32(19-21-8-10-22(28)11-9-21)23-12-14-30(15-13-23)27(34)24-6-4-5-7-25(24)29/h4-11,23H,3,12-20H2,1-2H3. The Kier molecular flexibility index (Phi) is 11.1. The van der Waals surface area contributed by atoms with E-state index in [-0.39, 0.29) is 55.4 Å². The maximum atomic E-state index is 14.2. The SMILES string of the molecule is CCCS(=O)(=O)N(CCOC)CC(=O)N(Cc1ccc(Cl)cc1)C1CCN(C(=O)c2ccccc2F)CC1. The van der Waals surface area contributed by atoms with Gasteiger partial charge in [0, 0.05) is 44.4 Å². The summed E-state index contributed by atoms with van der Waals surface area (Å²) in [5.41, 5.74) is 0.877. The van der Waals surface area contributed by atoms with Crippen LogP contribution in [0.3, 0.4) is 0 Å². The monoisotopic (exact) mass is 567 g/mol. The van der Waals surface area contributed by atoms with Crippen LogP contribution in [-0.4, -0.2) is 86.0 Å². The summed E-state index contributed by atoms with van der Waals surface area (Å²) >= 11 is 6.03. The van der Waals surface area contributed by atoms with Crippen LogP contribution in [0.15, 0.2) is 48.5 Å². The van der Waals surface area contributed by atoms with Crippen molar-refractivity contribution in [1.82, 2.24) is 14.1 Å². The number of ether oxygens (including phenoxy) is 1. The van der Waals surface area contributed by atoms with Gasteiger partial charge in [-0.05, 0) is 49.1 Å². The first kappa shape index (κ1) is 30.0. The largest absolute Gasteiger partial charge is 0.383 e. The van der Waals surface area contributed by atoms with Crippen molar-refractivity contribution in [2.75, 3.05) is 45.6 Å². The van der Waals surface area contributed by atoms with Crippen molar-refractivity contribution in [2.24, 2.45) is 0 Å². The van der Waals surface area contributed by atoms with Gasteiger partial charge in [0.15, 0.2) is 0 Å². The third kappa shape index (κ3) is 7.99. The van der Waals surface area contributed by atoms with Crippen molar-refractivity contribution in [1.29, 1.82) is 0 Å². The molecule has 2 aromatic rings. The molecule has 11 heteroatoms. The van der Waals surface area contributed by atoms with Gasteiger partial charge in [0.05, 0.1) is 24.5 Å². The van der Waals surface area contributed by atoms with Crippen LogP contribution < -0.4 is 0 Å². The molecule has 1 aliphatic heterocycles. The molecule has 0 saturated carbocycles. The Balaban J connectivity index is 1.78. The fourth-order valence-electron chi connectivity index (χ4n) is 4.53. The topological polar surface area (TPSA) is 87.2 Å². The van der Waals surface area contributed by atoms with Crippen molar-refractivity contribution < 1.29 is 27.1 Å². The number of likely N-dealkylation sites (tertiary alicyclic amines) is 1. The summed E-state index contributed by atoms with van der Waals surface area (Å²) in [5, 5.41) is 0.572. The number of sulfonamides is 1. The zero-order chi connectivity index (χ0) is 27.7. The fraction of sp³-hybridized carbons (Fsp3) is 0.481. The average Bonchev–Trinajstić information content (AvgIpc) is 2.90. The molecule has 3 rings (SSSR count). The van der Waals surface area contributed by atoms with E-state index in [0.717, 1.165) is 5.56 Å². The van der Waals surface area contributed by atoms with E-state index in [2.05, 4.69) is 0 Å². The number of nitrogens with zero attached hydrogens (tertiary/aromatic N) is 3. The van der Waals surface area contributed by atoms with Crippen LogP contribution in [0.5, 0.6) is 0 Å². The number of hydrogen-bond donors (Lipinski definition) is 0. The smallest absolute Gasteiger partial charge is 0.256 e. The van der Waals surface area contributed by atoms with Gasteiger partial charge in [-0.15, -0.1) is 0 Å². The lowest BCUT2D eigenvalue weighted by Crippen LogP contribution is -2.51. The molecule has 2 aromatic carbocycles. The van der Waals surface area contributed by atoms with Crippen molar-refractivity contribution in [3.8, 4) is 0 Å². The lowest BCUT2D eigenvalue weighted by molar-refractivity contribution is -0.135. The Morgan fingerprint density at radius 1 is 1.11 bits per heavy atom. The van der Waals surface area contributed by atoms with Crippen LogP contribution >= 0.6 is 11.6 Å². The summed E-state index contributed by atoms with van der Waals surface area (Å²) in [5.74, 6) is -1.33. The van der Waals surface area contributed by atoms with Gasteiger partial charge in [-0.2, -0.15) is 4.31 Å². The molecule has 38 heavy (non-hydrogen) atoms. The second-order valence-corrected chi connectivity index (χ2v) is 11.8. The molecule has 0 aromatic heterocycles. The number of halogens is 2. The molecule has 0 radical (unpaired) electrons. The van der Waals surface area contributed by atoms with Crippen LogP contribution in [0.2, 0.25) is 5.02 Å². The Hall–Kier alpha value is -2.53. The van der Waals surface area contributed by atoms with Crippen LogP contribution in [-0.2, 0) is 26.1 Å². The number of benzene rings is 2. The first-order valence-electron chi connectivity index (χ1n) is 12.7. The molecule has 1 saturated heterocycles. The van der Waals surface area contributed by atoms with Crippen LogP contribution in [0.1, 0.15) is 42.1 Å². The number of hydrogen-bond acceptors (Lipinski definition) is 5. The molecule has 1 aliphatic rings. The fourth-order valence-corrected chi connectivity index (χ4v) is 6.09. The van der Waals surface area contributed by atoms with E-state index in [9.17, 15) is 22.4 Å². The normalized spacial score (nSPS) is 14.6. The minimum Gasteiger partial charge on any atom is -0.383 e. The molecule has 1 fully saturated rings. The predicted octanol–water partition coefficient (Wildman–Crippen LogP) is 3.80. The highest BCUT2D eigenvalue weighted by atomic mass is 35.5. The number of methoxy groups -OCH3 is 1. The quantitative estimate of drug-likeness (QED) is 0.389. The molecule has 0 N–H and O–H groups in total. The summed E-state index contributed by atoms with van der Waals surface area (Å²) in [4.78, 5) is 29.8. The Morgan fingerprint density at radius 2 is 1.76 bits per heavy atom. The second-order valence-electron chi connectivity index (χ2n) is 9.29. The van der Waals surface area contributed by atoms with Crippen LogP contribution in [0.25, 0.3) is 0 Å². The molecule has 0 aliphatic carbocycles. The first-order valence-corrected chi connectivity index (χ1v) is 14.7. The van der Waals surface area contributed by atoms with Crippen LogP contribution in [0, 0.1) is 5.82 Å². The van der Waals surface area contributed by atoms with Crippen molar-refractivity contribution >= 4 is 33.4 Å². The molecule has 0 atom stereocenters. The van der Waals surface area contributed by atoms with Gasteiger partial charge in [0.2, 0.25) is 15.9 Å². The minimum atomic E-state index is -3.64. The van der Waals surface area contributed by atoms with E-state index in [1.54, 1.807) is 34.9 Å². The maximum absolute atomic E-state index is 14.2. The first-order chi connectivity index (χ1) is 18.2. The molecule has 0 bridgehead atoms. The molecule has 2 amide bonds. The highest BCUT2D eigenvalue weighted by Gasteiger charge is 2.33. The van der Waals surface area contributed by atoms with Gasteiger partial charge in [-0.3, -0.25) is 9.59 Å². The summed E-state index contributed by atoms with van der Waals surface area (Å²) in [7, 11) is -2.16. The average molecular weight is 568 g/mol. The van der Waals surface area contributed by atoms with Gasteiger partial charge in [0.25, 0.3) is 5.91 Å². The molecule has 0 unspecified atom stereocenters. The Morgan fingerprint density at radius 3 is 2.37 bits per heavy atom. The number of rotatable bonds is 12. The van der Waals surface area contributed by atoms with E-state index in [1.165, 1.54) is 29.6 Å². The summed E-state index contributed by atoms with van der Waals surface area (Å²) in [6.45, 7) is 2.70. The number of carbonyl (C=O) groups excluding carboxylic acids is 2. The third-order valence-electron chi connectivity index (χ3n) is 6.60. The summed E-state index contributed by atoms with van der Waals surface area (Å²) < 4.78 is 46.2. The highest BCUT2D eigenvalue weighted by molar-refractivity contribution is 7.89. The Labute approximate surface area is 229 Å². The van der Waals surface area contributed by atoms with Crippen LogP contribution in [0.4, 0.5) is 4.39 Å². The molecule has 1 heterocycles. The maximum Gasteiger partial charge on any atom is 0.256 e. The highest BCUT2D eigenvalue weighted by Crippen LogP contribution is 2.23. The van der Waals surface area contributed by atoms with Crippen molar-refractivity contribution in [2.45, 2.75) is 38.8 Å². The minimum absolute atomic E-state index is 0.0231. The van der Waals surface area contributed by atoms with Gasteiger partial charge in [-0.25, -0.2) is 12.8 Å². The number of amides is 2. The van der Waals surface area contributed by atoms with E-state index in [1.807, 2.05) is 12.1 Å². The third-order valence-corrected chi connectivity index (χ3v) is 8.87. The molecular weight excluding hydrogens is 533 g/mol. The molecule has 208 valence electrons. The zero-order valence-electron chi connectivity index (χ0n) is 21.8. The lowest BCUT2D eigenvalue weighted by atomic mass is 10.0. The van der Waals surface area contributed by atoms with E-state index < -0.39 is 15.8 Å². The van der Waals surface area contributed by atoms with E-state index in [0.29, 0.717) is 37.4 Å². The second kappa shape index (κ2) is 14.0. The van der Waals surface area contributed by atoms with Crippen molar-refractivity contribution in [3.05, 3.63) is 70.5 Å². The van der Waals surface area contributed by atoms with E-state index >= 15 is 0 Å². The lowest BCUT2D eigenvalue weighted by Gasteiger charge is -2.39. The predicted molar refractivity (Wildman–Crippen MR) is 145 cm³/mol. The van der Waals surface area contributed by atoms with Gasteiger partial charge < -0.3 is 14.5 Å². The van der Waals surface area contributed by atoms with Crippen molar-refractivity contribution in [3.63, 3.8) is 0 Å². The van der Waals surface area contributed by atoms with Gasteiger partial charge in [0.1, 0.15) is 5.82 Å². The van der Waals surface area contributed by atoms with Gasteiger partial charge >= 0.3 is 0 Å².